The maximum atomic E-state index is 13.3. The zero-order valence-corrected chi connectivity index (χ0v) is 11.2. The standard InChI is InChI=1S/C15H19FO4/c16-11-5-1-2-7-14(11)20-15(19)13(18)9-8-10-4-3-6-12(10)17/h1-2,5,7,10,12-13,17-18H,3-4,6,8-9H2/t10-,12?,13?/m0/s1. The molecule has 0 saturated heterocycles. The van der Waals surface area contributed by atoms with Crippen LogP contribution in [0.1, 0.15) is 32.1 Å². The van der Waals surface area contributed by atoms with Gasteiger partial charge in [-0.2, -0.15) is 0 Å². The fraction of sp³-hybridized carbons (Fsp3) is 0.533. The summed E-state index contributed by atoms with van der Waals surface area (Å²) in [5.74, 6) is -1.55. The number of carbonyl (C=O) groups excluding carboxylic acids is 1. The summed E-state index contributed by atoms with van der Waals surface area (Å²) in [6.07, 6.45) is 1.81. The van der Waals surface area contributed by atoms with Gasteiger partial charge in [-0.3, -0.25) is 0 Å². The van der Waals surface area contributed by atoms with Crippen molar-refractivity contribution < 1.29 is 24.1 Å². The highest BCUT2D eigenvalue weighted by molar-refractivity contribution is 5.76. The predicted octanol–water partition coefficient (Wildman–Crippen LogP) is 2.03. The molecule has 0 aromatic heterocycles. The van der Waals surface area contributed by atoms with Crippen molar-refractivity contribution in [2.45, 2.75) is 44.3 Å². The monoisotopic (exact) mass is 282 g/mol. The Bertz CT molecular complexity index is 463. The van der Waals surface area contributed by atoms with Crippen LogP contribution in [0.2, 0.25) is 0 Å². The van der Waals surface area contributed by atoms with Crippen molar-refractivity contribution in [1.82, 2.24) is 0 Å². The third kappa shape index (κ3) is 3.77. The highest BCUT2D eigenvalue weighted by atomic mass is 19.1. The Kier molecular flexibility index (Phi) is 5.09. The summed E-state index contributed by atoms with van der Waals surface area (Å²) in [6, 6.07) is 5.56. The molecule has 4 nitrogen and oxygen atoms in total. The fourth-order valence-electron chi connectivity index (χ4n) is 2.55. The Balaban J connectivity index is 1.81. The van der Waals surface area contributed by atoms with Gasteiger partial charge in [0.2, 0.25) is 0 Å². The highest BCUT2D eigenvalue weighted by Crippen LogP contribution is 2.29. The maximum absolute atomic E-state index is 13.3. The summed E-state index contributed by atoms with van der Waals surface area (Å²) >= 11 is 0. The zero-order valence-electron chi connectivity index (χ0n) is 11.2. The largest absolute Gasteiger partial charge is 0.421 e. The van der Waals surface area contributed by atoms with E-state index in [2.05, 4.69) is 0 Å². The molecule has 0 radical (unpaired) electrons. The van der Waals surface area contributed by atoms with Gasteiger partial charge in [0.05, 0.1) is 6.10 Å². The molecule has 2 rings (SSSR count). The number of carbonyl (C=O) groups is 1. The number of ether oxygens (including phenoxy) is 1. The molecule has 2 N–H and O–H groups in total. The maximum Gasteiger partial charge on any atom is 0.340 e. The van der Waals surface area contributed by atoms with Gasteiger partial charge in [0.1, 0.15) is 0 Å². The van der Waals surface area contributed by atoms with Gasteiger partial charge in [0, 0.05) is 0 Å². The molecule has 5 heteroatoms. The molecule has 3 atom stereocenters. The second kappa shape index (κ2) is 6.81. The molecule has 0 heterocycles. The molecule has 1 saturated carbocycles. The second-order valence-corrected chi connectivity index (χ2v) is 5.20. The minimum absolute atomic E-state index is 0.130. The van der Waals surface area contributed by atoms with E-state index in [1.165, 1.54) is 18.2 Å². The first-order valence-corrected chi connectivity index (χ1v) is 6.90. The predicted molar refractivity (Wildman–Crippen MR) is 70.6 cm³/mol. The van der Waals surface area contributed by atoms with E-state index in [1.54, 1.807) is 6.07 Å². The molecule has 1 aliphatic carbocycles. The van der Waals surface area contributed by atoms with Crippen molar-refractivity contribution >= 4 is 5.97 Å². The van der Waals surface area contributed by atoms with Gasteiger partial charge in [0.15, 0.2) is 17.7 Å². The van der Waals surface area contributed by atoms with Gasteiger partial charge in [0.25, 0.3) is 0 Å². The quantitative estimate of drug-likeness (QED) is 0.640. The number of benzene rings is 1. The number of esters is 1. The third-order valence-corrected chi connectivity index (χ3v) is 3.75. The van der Waals surface area contributed by atoms with E-state index in [-0.39, 0.29) is 24.2 Å². The molecule has 1 fully saturated rings. The Morgan fingerprint density at radius 1 is 1.40 bits per heavy atom. The van der Waals surface area contributed by atoms with Crippen molar-refractivity contribution in [2.24, 2.45) is 5.92 Å². The molecule has 0 amide bonds. The Hall–Kier alpha value is -1.46. The molecular weight excluding hydrogens is 263 g/mol. The van der Waals surface area contributed by atoms with Gasteiger partial charge < -0.3 is 14.9 Å². The molecule has 110 valence electrons. The van der Waals surface area contributed by atoms with Crippen LogP contribution in [-0.4, -0.2) is 28.4 Å². The van der Waals surface area contributed by atoms with E-state index in [9.17, 15) is 19.4 Å². The van der Waals surface area contributed by atoms with E-state index in [0.717, 1.165) is 19.3 Å². The fourth-order valence-corrected chi connectivity index (χ4v) is 2.55. The summed E-state index contributed by atoms with van der Waals surface area (Å²) in [6.45, 7) is 0. The minimum Gasteiger partial charge on any atom is -0.421 e. The van der Waals surface area contributed by atoms with Crippen molar-refractivity contribution in [3.63, 3.8) is 0 Å². The third-order valence-electron chi connectivity index (χ3n) is 3.75. The van der Waals surface area contributed by atoms with Crippen LogP contribution in [0.15, 0.2) is 24.3 Å². The molecule has 20 heavy (non-hydrogen) atoms. The van der Waals surface area contributed by atoms with Gasteiger partial charge in [-0.05, 0) is 43.7 Å². The number of halogens is 1. The van der Waals surface area contributed by atoms with Crippen LogP contribution in [-0.2, 0) is 4.79 Å². The van der Waals surface area contributed by atoms with Crippen molar-refractivity contribution in [2.75, 3.05) is 0 Å². The smallest absolute Gasteiger partial charge is 0.340 e. The van der Waals surface area contributed by atoms with E-state index in [4.69, 9.17) is 4.74 Å². The SMILES string of the molecule is O=C(Oc1ccccc1F)C(O)CC[C@@H]1CCCC1O. The summed E-state index contributed by atoms with van der Waals surface area (Å²) in [4.78, 5) is 11.6. The number of para-hydroxylation sites is 1. The Morgan fingerprint density at radius 2 is 2.15 bits per heavy atom. The molecule has 1 aromatic rings. The number of rotatable bonds is 5. The number of aliphatic hydroxyl groups is 2. The topological polar surface area (TPSA) is 66.8 Å². The van der Waals surface area contributed by atoms with Crippen LogP contribution in [0.25, 0.3) is 0 Å². The molecule has 1 aliphatic rings. The average molecular weight is 282 g/mol. The Morgan fingerprint density at radius 3 is 2.80 bits per heavy atom. The summed E-state index contributed by atoms with van der Waals surface area (Å²) in [5, 5.41) is 19.4. The normalized spacial score (nSPS) is 23.6. The van der Waals surface area contributed by atoms with Crippen LogP contribution < -0.4 is 4.74 Å². The zero-order chi connectivity index (χ0) is 14.5. The lowest BCUT2D eigenvalue weighted by Gasteiger charge is -2.16. The summed E-state index contributed by atoms with van der Waals surface area (Å²) in [5.41, 5.74) is 0. The van der Waals surface area contributed by atoms with E-state index in [1.807, 2.05) is 0 Å². The average Bonchev–Trinajstić information content (AvgIpc) is 2.84. The van der Waals surface area contributed by atoms with Crippen LogP contribution in [0.5, 0.6) is 5.75 Å². The highest BCUT2D eigenvalue weighted by Gasteiger charge is 2.27. The first-order valence-electron chi connectivity index (χ1n) is 6.90. The molecule has 2 unspecified atom stereocenters. The molecular formula is C15H19FO4. The van der Waals surface area contributed by atoms with Crippen molar-refractivity contribution in [1.29, 1.82) is 0 Å². The molecule has 0 spiro atoms. The van der Waals surface area contributed by atoms with Crippen LogP contribution in [0, 0.1) is 11.7 Å². The van der Waals surface area contributed by atoms with Crippen LogP contribution >= 0.6 is 0 Å². The summed E-state index contributed by atoms with van der Waals surface area (Å²) < 4.78 is 18.1. The van der Waals surface area contributed by atoms with E-state index < -0.39 is 17.9 Å². The molecule has 0 aliphatic heterocycles. The Labute approximate surface area is 117 Å². The van der Waals surface area contributed by atoms with E-state index >= 15 is 0 Å². The number of hydrogen-bond donors (Lipinski definition) is 2. The summed E-state index contributed by atoms with van der Waals surface area (Å²) in [7, 11) is 0. The second-order valence-electron chi connectivity index (χ2n) is 5.20. The lowest BCUT2D eigenvalue weighted by Crippen LogP contribution is -2.27. The van der Waals surface area contributed by atoms with Gasteiger partial charge in [-0.15, -0.1) is 0 Å². The minimum atomic E-state index is -1.29. The van der Waals surface area contributed by atoms with Crippen LogP contribution in [0.3, 0.4) is 0 Å². The number of aliphatic hydroxyl groups excluding tert-OH is 2. The van der Waals surface area contributed by atoms with E-state index in [0.29, 0.717) is 6.42 Å². The molecule has 0 bridgehead atoms. The van der Waals surface area contributed by atoms with Gasteiger partial charge in [-0.1, -0.05) is 18.6 Å². The lowest BCUT2D eigenvalue weighted by molar-refractivity contribution is -0.144. The van der Waals surface area contributed by atoms with Gasteiger partial charge >= 0.3 is 5.97 Å². The van der Waals surface area contributed by atoms with Crippen molar-refractivity contribution in [3.05, 3.63) is 30.1 Å². The van der Waals surface area contributed by atoms with Crippen molar-refractivity contribution in [3.8, 4) is 5.75 Å². The molecule has 1 aromatic carbocycles. The lowest BCUT2D eigenvalue weighted by atomic mass is 9.98. The van der Waals surface area contributed by atoms with Gasteiger partial charge in [-0.25, -0.2) is 9.18 Å². The van der Waals surface area contributed by atoms with Crippen LogP contribution in [0.4, 0.5) is 4.39 Å². The first kappa shape index (κ1) is 14.9. The first-order chi connectivity index (χ1) is 9.58. The number of hydrogen-bond acceptors (Lipinski definition) is 4.